The summed E-state index contributed by atoms with van der Waals surface area (Å²) in [5.41, 5.74) is 0. The molecule has 2 atom stereocenters. The predicted octanol–water partition coefficient (Wildman–Crippen LogP) is 12.2. The maximum Gasteiger partial charge on any atom is 0.508 e. The molecule has 0 spiro atoms. The van der Waals surface area contributed by atoms with Crippen molar-refractivity contribution in [3.8, 4) is 0 Å². The second-order valence-electron chi connectivity index (χ2n) is 16.3. The minimum atomic E-state index is -0.763. The van der Waals surface area contributed by atoms with Gasteiger partial charge in [-0.2, -0.15) is 0 Å². The predicted molar refractivity (Wildman–Crippen MR) is 235 cm³/mol. The van der Waals surface area contributed by atoms with Crippen LogP contribution in [0.3, 0.4) is 0 Å². The van der Waals surface area contributed by atoms with E-state index in [1.54, 1.807) is 0 Å². The molecule has 0 aromatic rings. The standard InChI is InChI=1S/C48H87NO9/c1-5-8-11-14-17-18-19-20-21-22-23-24-25-26-29-32-45(50)55-40-43(42-57-48(52)58-44-35-36-49(4)39-44)41-56-46(51)33-34-47(53-37-30-27-15-12-9-6-2)54-38-31-28-16-13-10-7-3/h17-18,20-21,43-44,47H,5-16,19,22-42H2,1-4H3. The molecule has 0 N–H and O–H groups in total. The summed E-state index contributed by atoms with van der Waals surface area (Å²) in [6.45, 7) is 9.25. The molecule has 0 aromatic heterocycles. The molecule has 338 valence electrons. The van der Waals surface area contributed by atoms with Crippen LogP contribution in [0.25, 0.3) is 0 Å². The number of allylic oxidation sites excluding steroid dienone is 4. The van der Waals surface area contributed by atoms with Crippen molar-refractivity contribution >= 4 is 18.1 Å². The summed E-state index contributed by atoms with van der Waals surface area (Å²) in [6, 6.07) is 0. The average molecular weight is 822 g/mol. The Kier molecular flexibility index (Phi) is 37.0. The van der Waals surface area contributed by atoms with Crippen molar-refractivity contribution in [2.24, 2.45) is 5.92 Å². The zero-order valence-electron chi connectivity index (χ0n) is 37.7. The van der Waals surface area contributed by atoms with Crippen LogP contribution in [0.4, 0.5) is 4.79 Å². The van der Waals surface area contributed by atoms with Crippen LogP contribution in [0.5, 0.6) is 0 Å². The Morgan fingerprint density at radius 3 is 1.64 bits per heavy atom. The van der Waals surface area contributed by atoms with Crippen molar-refractivity contribution in [1.29, 1.82) is 0 Å². The van der Waals surface area contributed by atoms with Crippen LogP contribution < -0.4 is 0 Å². The Morgan fingerprint density at radius 2 is 1.07 bits per heavy atom. The topological polar surface area (TPSA) is 110 Å². The fraction of sp³-hybridized carbons (Fsp3) is 0.854. The molecular weight excluding hydrogens is 735 g/mol. The van der Waals surface area contributed by atoms with Gasteiger partial charge in [-0.05, 0) is 64.8 Å². The highest BCUT2D eigenvalue weighted by molar-refractivity contribution is 5.69. The highest BCUT2D eigenvalue weighted by Gasteiger charge is 2.25. The summed E-state index contributed by atoms with van der Waals surface area (Å²) >= 11 is 0. The Balaban J connectivity index is 2.49. The number of nitrogens with zero attached hydrogens (tertiary/aromatic N) is 1. The molecular formula is C48H87NO9. The van der Waals surface area contributed by atoms with Gasteiger partial charge in [-0.25, -0.2) is 4.79 Å². The second kappa shape index (κ2) is 40.0. The number of hydrogen-bond donors (Lipinski definition) is 0. The molecule has 0 bridgehead atoms. The molecule has 10 nitrogen and oxygen atoms in total. The highest BCUT2D eigenvalue weighted by atomic mass is 16.7. The number of likely N-dealkylation sites (N-methyl/N-ethyl adjacent to an activating group) is 1. The molecule has 0 saturated carbocycles. The van der Waals surface area contributed by atoms with Crippen molar-refractivity contribution in [2.75, 3.05) is 53.2 Å². The number of ether oxygens (including phenoxy) is 6. The van der Waals surface area contributed by atoms with Crippen molar-refractivity contribution in [3.63, 3.8) is 0 Å². The molecule has 0 aliphatic carbocycles. The molecule has 1 aliphatic rings. The van der Waals surface area contributed by atoms with E-state index < -0.39 is 24.3 Å². The summed E-state index contributed by atoms with van der Waals surface area (Å²) in [4.78, 5) is 40.1. The molecule has 1 saturated heterocycles. The summed E-state index contributed by atoms with van der Waals surface area (Å²) < 4.78 is 34.3. The molecule has 1 fully saturated rings. The fourth-order valence-electron chi connectivity index (χ4n) is 6.78. The van der Waals surface area contributed by atoms with E-state index >= 15 is 0 Å². The Labute approximate surface area is 354 Å². The van der Waals surface area contributed by atoms with Crippen molar-refractivity contribution in [3.05, 3.63) is 24.3 Å². The van der Waals surface area contributed by atoms with Crippen LogP contribution >= 0.6 is 0 Å². The first-order valence-electron chi connectivity index (χ1n) is 23.7. The van der Waals surface area contributed by atoms with Gasteiger partial charge in [0.1, 0.15) is 25.9 Å². The minimum absolute atomic E-state index is 0.0167. The fourth-order valence-corrected chi connectivity index (χ4v) is 6.78. The number of esters is 2. The van der Waals surface area contributed by atoms with Crippen molar-refractivity contribution in [2.45, 2.75) is 207 Å². The number of hydrogen-bond acceptors (Lipinski definition) is 10. The molecule has 0 amide bonds. The van der Waals surface area contributed by atoms with E-state index in [4.69, 9.17) is 28.4 Å². The lowest BCUT2D eigenvalue weighted by atomic mass is 10.1. The number of carbonyl (C=O) groups excluding carboxylic acids is 3. The van der Waals surface area contributed by atoms with Crippen molar-refractivity contribution in [1.82, 2.24) is 4.90 Å². The summed E-state index contributed by atoms with van der Waals surface area (Å²) in [5, 5.41) is 0. The molecule has 1 aliphatic heterocycles. The SMILES string of the molecule is CCCCCC=CCC=CCCCCCCCC(=O)OCC(COC(=O)CCC(OCCCCCCCC)OCCCCCCCC)COC(=O)OC1CCN(C)C1. The van der Waals surface area contributed by atoms with Crippen LogP contribution in [-0.2, 0) is 38.0 Å². The normalized spacial score (nSPS) is 15.2. The zero-order chi connectivity index (χ0) is 42.2. The van der Waals surface area contributed by atoms with Crippen molar-refractivity contribution < 1.29 is 42.8 Å². The molecule has 1 heterocycles. The average Bonchev–Trinajstić information content (AvgIpc) is 3.63. The van der Waals surface area contributed by atoms with Crippen LogP contribution in [0.2, 0.25) is 0 Å². The summed E-state index contributed by atoms with van der Waals surface area (Å²) in [5.74, 6) is -1.21. The Hall–Kier alpha value is -2.43. The molecule has 2 unspecified atom stereocenters. The quantitative estimate of drug-likeness (QED) is 0.0195. The first kappa shape index (κ1) is 53.6. The van der Waals surface area contributed by atoms with Crippen LogP contribution in [0, 0.1) is 5.92 Å². The molecule has 10 heteroatoms. The molecule has 0 radical (unpaired) electrons. The van der Waals surface area contributed by atoms with Crippen LogP contribution in [0.15, 0.2) is 24.3 Å². The smallest absolute Gasteiger partial charge is 0.465 e. The molecule has 58 heavy (non-hydrogen) atoms. The van der Waals surface area contributed by atoms with E-state index in [1.165, 1.54) is 77.0 Å². The van der Waals surface area contributed by atoms with Crippen LogP contribution in [0.1, 0.15) is 194 Å². The molecule has 1 rings (SSSR count). The Bertz CT molecular complexity index is 1020. The van der Waals surface area contributed by atoms with Gasteiger partial charge >= 0.3 is 18.1 Å². The monoisotopic (exact) mass is 822 g/mol. The number of carbonyl (C=O) groups is 3. The lowest BCUT2D eigenvalue weighted by Crippen LogP contribution is -2.28. The largest absolute Gasteiger partial charge is 0.508 e. The van der Waals surface area contributed by atoms with E-state index in [0.29, 0.717) is 32.6 Å². The zero-order valence-corrected chi connectivity index (χ0v) is 37.7. The van der Waals surface area contributed by atoms with Gasteiger partial charge in [0, 0.05) is 39.1 Å². The number of likely N-dealkylation sites (tertiary alicyclic amines) is 1. The third-order valence-corrected chi connectivity index (χ3v) is 10.5. The van der Waals surface area contributed by atoms with E-state index in [9.17, 15) is 14.4 Å². The van der Waals surface area contributed by atoms with Gasteiger partial charge in [-0.1, -0.05) is 141 Å². The number of unbranched alkanes of at least 4 members (excludes halogenated alkanes) is 18. The van der Waals surface area contributed by atoms with E-state index in [-0.39, 0.29) is 38.3 Å². The third kappa shape index (κ3) is 34.4. The summed E-state index contributed by atoms with van der Waals surface area (Å²) in [7, 11) is 1.98. The van der Waals surface area contributed by atoms with E-state index in [1.807, 2.05) is 7.05 Å². The number of rotatable bonds is 40. The van der Waals surface area contributed by atoms with Gasteiger partial charge in [-0.3, -0.25) is 9.59 Å². The van der Waals surface area contributed by atoms with Gasteiger partial charge in [0.25, 0.3) is 0 Å². The highest BCUT2D eigenvalue weighted by Crippen LogP contribution is 2.15. The van der Waals surface area contributed by atoms with Crippen LogP contribution in [-0.4, -0.2) is 88.6 Å². The van der Waals surface area contributed by atoms with E-state index in [2.05, 4.69) is 50.0 Å². The van der Waals surface area contributed by atoms with Gasteiger partial charge in [0.05, 0.1) is 12.3 Å². The summed E-state index contributed by atoms with van der Waals surface area (Å²) in [6.07, 6.45) is 35.6. The van der Waals surface area contributed by atoms with E-state index in [0.717, 1.165) is 83.6 Å². The van der Waals surface area contributed by atoms with Gasteiger partial charge in [0.2, 0.25) is 0 Å². The second-order valence-corrected chi connectivity index (χ2v) is 16.3. The lowest BCUT2D eigenvalue weighted by molar-refractivity contribution is -0.161. The third-order valence-electron chi connectivity index (χ3n) is 10.5. The van der Waals surface area contributed by atoms with Gasteiger partial charge in [-0.15, -0.1) is 0 Å². The Morgan fingerprint density at radius 1 is 0.586 bits per heavy atom. The first-order valence-corrected chi connectivity index (χ1v) is 23.7. The minimum Gasteiger partial charge on any atom is -0.465 e. The molecule has 0 aromatic carbocycles. The first-order chi connectivity index (χ1) is 28.4. The maximum atomic E-state index is 12.9. The maximum absolute atomic E-state index is 12.9. The van der Waals surface area contributed by atoms with Gasteiger partial charge < -0.3 is 33.3 Å². The van der Waals surface area contributed by atoms with Gasteiger partial charge in [0.15, 0.2) is 6.29 Å². The lowest BCUT2D eigenvalue weighted by Gasteiger charge is -2.20.